The fourth-order valence-corrected chi connectivity index (χ4v) is 8.90. The Morgan fingerprint density at radius 2 is 1.65 bits per heavy atom. The first-order valence-corrected chi connectivity index (χ1v) is 13.8. The second-order valence-corrected chi connectivity index (χ2v) is 12.1. The molecule has 2 aromatic rings. The average Bonchev–Trinajstić information content (AvgIpc) is 3.08. The molecular formula is C22H29FN2O4S2. The van der Waals surface area contributed by atoms with E-state index in [1.54, 1.807) is 30.3 Å². The van der Waals surface area contributed by atoms with Crippen molar-refractivity contribution >= 4 is 19.7 Å². The first-order chi connectivity index (χ1) is 14.7. The van der Waals surface area contributed by atoms with Gasteiger partial charge in [-0.2, -0.15) is 0 Å². The summed E-state index contributed by atoms with van der Waals surface area (Å²) in [5.41, 5.74) is 0.890. The van der Waals surface area contributed by atoms with Crippen LogP contribution in [0.2, 0.25) is 0 Å². The number of nitrogens with zero attached hydrogens (tertiary/aromatic N) is 1. The van der Waals surface area contributed by atoms with Crippen molar-refractivity contribution in [2.45, 2.75) is 36.1 Å². The standard InChI is InChI=1S/C22H29FN2O4S2/c1-3-25(4-2)21(17-10-12-18(23)13-11-17)14-24-20-15-30(26,27)16-22(20)31(28,29)19-8-6-5-7-9-19/h5-13,20-22,24H,3-4,14-16H2,1-2H3/t20-,21?,22-/m0/s1. The highest BCUT2D eigenvalue weighted by atomic mass is 32.2. The van der Waals surface area contributed by atoms with Gasteiger partial charge in [-0.25, -0.2) is 21.2 Å². The Bertz CT molecular complexity index is 1070. The molecule has 1 fully saturated rings. The zero-order valence-electron chi connectivity index (χ0n) is 17.7. The Morgan fingerprint density at radius 3 is 2.23 bits per heavy atom. The first-order valence-electron chi connectivity index (χ1n) is 10.4. The molecule has 0 spiro atoms. The van der Waals surface area contributed by atoms with E-state index < -0.39 is 36.7 Å². The third-order valence-corrected chi connectivity index (χ3v) is 10.0. The molecule has 0 saturated carbocycles. The van der Waals surface area contributed by atoms with Gasteiger partial charge in [0.1, 0.15) is 5.82 Å². The van der Waals surface area contributed by atoms with E-state index in [1.165, 1.54) is 24.3 Å². The number of benzene rings is 2. The predicted octanol–water partition coefficient (Wildman–Crippen LogP) is 2.44. The van der Waals surface area contributed by atoms with Crippen LogP contribution in [0.3, 0.4) is 0 Å². The van der Waals surface area contributed by atoms with E-state index in [9.17, 15) is 21.2 Å². The van der Waals surface area contributed by atoms with Crippen molar-refractivity contribution in [3.63, 3.8) is 0 Å². The predicted molar refractivity (Wildman–Crippen MR) is 120 cm³/mol. The number of halogens is 1. The second kappa shape index (κ2) is 9.77. The minimum absolute atomic E-state index is 0.128. The molecule has 9 heteroatoms. The van der Waals surface area contributed by atoms with Crippen molar-refractivity contribution in [2.24, 2.45) is 0 Å². The highest BCUT2D eigenvalue weighted by molar-refractivity contribution is 7.96. The molecule has 6 nitrogen and oxygen atoms in total. The Morgan fingerprint density at radius 1 is 1.03 bits per heavy atom. The third kappa shape index (κ3) is 5.52. The van der Waals surface area contributed by atoms with Gasteiger partial charge in [0.2, 0.25) is 0 Å². The molecule has 1 aliphatic heterocycles. The summed E-state index contributed by atoms with van der Waals surface area (Å²) in [7, 11) is -7.30. The van der Waals surface area contributed by atoms with E-state index in [2.05, 4.69) is 10.2 Å². The third-order valence-electron chi connectivity index (χ3n) is 5.85. The molecule has 2 aromatic carbocycles. The van der Waals surface area contributed by atoms with E-state index in [1.807, 2.05) is 13.8 Å². The quantitative estimate of drug-likeness (QED) is 0.609. The van der Waals surface area contributed by atoms with Gasteiger partial charge in [0.15, 0.2) is 19.7 Å². The molecule has 0 radical (unpaired) electrons. The highest BCUT2D eigenvalue weighted by Gasteiger charge is 2.45. The number of nitrogens with one attached hydrogen (secondary N) is 1. The van der Waals surface area contributed by atoms with Gasteiger partial charge >= 0.3 is 0 Å². The van der Waals surface area contributed by atoms with Crippen molar-refractivity contribution in [1.82, 2.24) is 10.2 Å². The van der Waals surface area contributed by atoms with E-state index in [0.717, 1.165) is 18.7 Å². The molecule has 1 heterocycles. The lowest BCUT2D eigenvalue weighted by molar-refractivity contribution is 0.209. The van der Waals surface area contributed by atoms with Gasteiger partial charge in [-0.05, 0) is 42.9 Å². The van der Waals surface area contributed by atoms with Crippen LogP contribution in [-0.4, -0.2) is 64.2 Å². The molecule has 0 aromatic heterocycles. The van der Waals surface area contributed by atoms with Gasteiger partial charge in [0.05, 0.1) is 21.7 Å². The molecule has 1 unspecified atom stereocenters. The zero-order chi connectivity index (χ0) is 22.6. The van der Waals surface area contributed by atoms with Crippen LogP contribution >= 0.6 is 0 Å². The lowest BCUT2D eigenvalue weighted by Crippen LogP contribution is -2.47. The Kier molecular flexibility index (Phi) is 7.51. The van der Waals surface area contributed by atoms with Crippen LogP contribution in [0.1, 0.15) is 25.5 Å². The number of sulfone groups is 2. The number of likely N-dealkylation sites (N-methyl/N-ethyl adjacent to an activating group) is 1. The molecule has 0 amide bonds. The topological polar surface area (TPSA) is 83.6 Å². The second-order valence-electron chi connectivity index (χ2n) is 7.78. The normalized spacial score (nSPS) is 21.9. The van der Waals surface area contributed by atoms with Crippen LogP contribution in [0.5, 0.6) is 0 Å². The summed E-state index contributed by atoms with van der Waals surface area (Å²) in [6, 6.07) is 13.3. The molecule has 1 aliphatic rings. The van der Waals surface area contributed by atoms with E-state index >= 15 is 0 Å². The maximum Gasteiger partial charge on any atom is 0.183 e. The van der Waals surface area contributed by atoms with Crippen LogP contribution in [0.15, 0.2) is 59.5 Å². The maximum atomic E-state index is 13.4. The molecule has 0 aliphatic carbocycles. The monoisotopic (exact) mass is 468 g/mol. The number of hydrogen-bond donors (Lipinski definition) is 1. The van der Waals surface area contributed by atoms with Crippen molar-refractivity contribution in [3.8, 4) is 0 Å². The van der Waals surface area contributed by atoms with Crippen molar-refractivity contribution in [1.29, 1.82) is 0 Å². The van der Waals surface area contributed by atoms with Gasteiger partial charge in [0, 0.05) is 18.6 Å². The average molecular weight is 469 g/mol. The summed E-state index contributed by atoms with van der Waals surface area (Å²) >= 11 is 0. The summed E-state index contributed by atoms with van der Waals surface area (Å²) in [6.45, 7) is 5.88. The molecular weight excluding hydrogens is 439 g/mol. The van der Waals surface area contributed by atoms with Crippen molar-refractivity contribution in [3.05, 3.63) is 66.0 Å². The summed E-state index contributed by atoms with van der Waals surface area (Å²) < 4.78 is 64.5. The number of hydrogen-bond acceptors (Lipinski definition) is 6. The van der Waals surface area contributed by atoms with E-state index in [-0.39, 0.29) is 22.5 Å². The molecule has 3 rings (SSSR count). The summed E-state index contributed by atoms with van der Waals surface area (Å²) in [6.07, 6.45) is 0. The van der Waals surface area contributed by atoms with E-state index in [4.69, 9.17) is 0 Å². The smallest absolute Gasteiger partial charge is 0.183 e. The molecule has 31 heavy (non-hydrogen) atoms. The molecule has 3 atom stereocenters. The highest BCUT2D eigenvalue weighted by Crippen LogP contribution is 2.27. The van der Waals surface area contributed by atoms with Gasteiger partial charge in [-0.15, -0.1) is 0 Å². The molecule has 170 valence electrons. The number of rotatable bonds is 9. The van der Waals surface area contributed by atoms with Crippen LogP contribution in [0, 0.1) is 5.82 Å². The fraction of sp³-hybridized carbons (Fsp3) is 0.455. The summed E-state index contributed by atoms with van der Waals surface area (Å²) in [5.74, 6) is -0.946. The summed E-state index contributed by atoms with van der Waals surface area (Å²) in [5, 5.41) is 2.18. The van der Waals surface area contributed by atoms with Gasteiger partial charge in [0.25, 0.3) is 0 Å². The van der Waals surface area contributed by atoms with Crippen LogP contribution in [0.25, 0.3) is 0 Å². The van der Waals surface area contributed by atoms with Crippen LogP contribution in [0.4, 0.5) is 4.39 Å². The van der Waals surface area contributed by atoms with Gasteiger partial charge in [-0.3, -0.25) is 4.90 Å². The minimum Gasteiger partial charge on any atom is -0.310 e. The van der Waals surface area contributed by atoms with E-state index in [0.29, 0.717) is 6.54 Å². The summed E-state index contributed by atoms with van der Waals surface area (Å²) in [4.78, 5) is 2.30. The maximum absolute atomic E-state index is 13.4. The molecule has 1 N–H and O–H groups in total. The molecule has 0 bridgehead atoms. The van der Waals surface area contributed by atoms with Gasteiger partial charge < -0.3 is 5.32 Å². The first kappa shape index (κ1) is 23.8. The van der Waals surface area contributed by atoms with Crippen LogP contribution in [-0.2, 0) is 19.7 Å². The van der Waals surface area contributed by atoms with Crippen molar-refractivity contribution < 1.29 is 21.2 Å². The fourth-order valence-electron chi connectivity index (χ4n) is 4.17. The Balaban J connectivity index is 1.86. The molecule has 1 saturated heterocycles. The minimum atomic E-state index is -3.81. The van der Waals surface area contributed by atoms with Gasteiger partial charge in [-0.1, -0.05) is 44.2 Å². The lowest BCUT2D eigenvalue weighted by Gasteiger charge is -2.32. The Labute approximate surface area is 184 Å². The SMILES string of the molecule is CCN(CC)C(CN[C@H]1CS(=O)(=O)C[C@@H]1S(=O)(=O)c1ccccc1)c1ccc(F)cc1. The van der Waals surface area contributed by atoms with Crippen molar-refractivity contribution in [2.75, 3.05) is 31.1 Å². The Hall–Kier alpha value is -1.81. The zero-order valence-corrected chi connectivity index (χ0v) is 19.4. The van der Waals surface area contributed by atoms with Crippen LogP contribution < -0.4 is 5.32 Å². The largest absolute Gasteiger partial charge is 0.310 e. The lowest BCUT2D eigenvalue weighted by atomic mass is 10.0.